The van der Waals surface area contributed by atoms with Gasteiger partial charge in [0, 0.05) is 25.2 Å². The highest BCUT2D eigenvalue weighted by Gasteiger charge is 2.40. The summed E-state index contributed by atoms with van der Waals surface area (Å²) < 4.78 is 5.93. The monoisotopic (exact) mass is 290 g/mol. The molecule has 3 nitrogen and oxygen atoms in total. The van der Waals surface area contributed by atoms with Gasteiger partial charge < -0.3 is 10.5 Å². The fourth-order valence-electron chi connectivity index (χ4n) is 3.30. The van der Waals surface area contributed by atoms with Crippen molar-refractivity contribution in [2.24, 2.45) is 11.7 Å². The normalized spacial score (nSPS) is 26.5. The molecule has 0 amide bonds. The van der Waals surface area contributed by atoms with Crippen molar-refractivity contribution >= 4 is 0 Å². The zero-order chi connectivity index (χ0) is 15.5. The van der Waals surface area contributed by atoms with Crippen LogP contribution in [0.15, 0.2) is 24.3 Å². The molecular weight excluding hydrogens is 260 g/mol. The van der Waals surface area contributed by atoms with Crippen LogP contribution in [0.25, 0.3) is 0 Å². The first-order chi connectivity index (χ1) is 9.97. The Kier molecular flexibility index (Phi) is 5.42. The molecule has 0 radical (unpaired) electrons. The molecule has 0 bridgehead atoms. The summed E-state index contributed by atoms with van der Waals surface area (Å²) in [4.78, 5) is 2.44. The van der Waals surface area contributed by atoms with E-state index in [1.54, 1.807) is 0 Å². The molecular formula is C18H30N2O. The maximum atomic E-state index is 6.19. The summed E-state index contributed by atoms with van der Waals surface area (Å²) in [6.45, 7) is 9.07. The van der Waals surface area contributed by atoms with Crippen LogP contribution in [0.2, 0.25) is 0 Å². The van der Waals surface area contributed by atoms with Gasteiger partial charge >= 0.3 is 0 Å². The Balaban J connectivity index is 2.11. The maximum Gasteiger partial charge on any atom is 0.0616 e. The Morgan fingerprint density at radius 3 is 2.81 bits per heavy atom. The molecule has 2 atom stereocenters. The zero-order valence-electron chi connectivity index (χ0n) is 13.9. The largest absolute Gasteiger partial charge is 0.378 e. The summed E-state index contributed by atoms with van der Waals surface area (Å²) in [5.41, 5.74) is 8.93. The highest BCUT2D eigenvalue weighted by atomic mass is 16.5. The number of likely N-dealkylation sites (N-methyl/N-ethyl adjacent to an activating group) is 1. The van der Waals surface area contributed by atoms with E-state index in [1.165, 1.54) is 11.1 Å². The van der Waals surface area contributed by atoms with E-state index in [0.717, 1.165) is 26.0 Å². The van der Waals surface area contributed by atoms with Crippen molar-refractivity contribution in [3.8, 4) is 0 Å². The Labute approximate surface area is 129 Å². The summed E-state index contributed by atoms with van der Waals surface area (Å²) in [6.07, 6.45) is 2.38. The van der Waals surface area contributed by atoms with Crippen molar-refractivity contribution in [2.75, 3.05) is 20.2 Å². The van der Waals surface area contributed by atoms with Crippen LogP contribution in [0, 0.1) is 12.8 Å². The van der Waals surface area contributed by atoms with E-state index in [2.05, 4.69) is 57.0 Å². The van der Waals surface area contributed by atoms with Gasteiger partial charge in [0.15, 0.2) is 0 Å². The van der Waals surface area contributed by atoms with Crippen molar-refractivity contribution < 1.29 is 4.74 Å². The molecule has 0 saturated carbocycles. The highest BCUT2D eigenvalue weighted by molar-refractivity contribution is 5.22. The lowest BCUT2D eigenvalue weighted by molar-refractivity contribution is -0.0834. The average Bonchev–Trinajstić information content (AvgIpc) is 2.47. The molecule has 0 spiro atoms. The molecule has 2 N–H and O–H groups in total. The first-order valence-electron chi connectivity index (χ1n) is 8.05. The van der Waals surface area contributed by atoms with Gasteiger partial charge in [-0.3, -0.25) is 4.90 Å². The summed E-state index contributed by atoms with van der Waals surface area (Å²) in [5, 5.41) is 0. The Morgan fingerprint density at radius 1 is 1.43 bits per heavy atom. The molecule has 1 aromatic carbocycles. The third kappa shape index (κ3) is 3.85. The van der Waals surface area contributed by atoms with Crippen LogP contribution in [0.4, 0.5) is 0 Å². The minimum absolute atomic E-state index is 0.0664. The number of aryl methyl sites for hydroxylation is 1. The van der Waals surface area contributed by atoms with Crippen molar-refractivity contribution in [3.05, 3.63) is 35.4 Å². The van der Waals surface area contributed by atoms with Crippen molar-refractivity contribution in [2.45, 2.75) is 51.8 Å². The quantitative estimate of drug-likeness (QED) is 0.906. The molecule has 2 unspecified atom stereocenters. The SMILES string of the molecule is Cc1cccc(CN(C)C2(CN)CCOC(C(C)C)C2)c1. The van der Waals surface area contributed by atoms with Crippen LogP contribution in [-0.2, 0) is 11.3 Å². The van der Waals surface area contributed by atoms with Gasteiger partial charge in [-0.15, -0.1) is 0 Å². The van der Waals surface area contributed by atoms with Gasteiger partial charge in [0.25, 0.3) is 0 Å². The number of hydrogen-bond donors (Lipinski definition) is 1. The van der Waals surface area contributed by atoms with E-state index in [9.17, 15) is 0 Å². The van der Waals surface area contributed by atoms with Crippen LogP contribution in [0.3, 0.4) is 0 Å². The second kappa shape index (κ2) is 6.91. The lowest BCUT2D eigenvalue weighted by Gasteiger charge is -2.47. The Hall–Kier alpha value is -0.900. The number of hydrogen-bond acceptors (Lipinski definition) is 3. The van der Waals surface area contributed by atoms with Crippen molar-refractivity contribution in [3.63, 3.8) is 0 Å². The standard InChI is InChI=1S/C18H30N2O/c1-14(2)17-11-18(13-19,8-9-21-17)20(4)12-16-7-5-6-15(3)10-16/h5-7,10,14,17H,8-9,11-13,19H2,1-4H3. The van der Waals surface area contributed by atoms with Gasteiger partial charge in [-0.25, -0.2) is 0 Å². The van der Waals surface area contributed by atoms with Crippen LogP contribution in [-0.4, -0.2) is 36.7 Å². The molecule has 0 aliphatic carbocycles. The van der Waals surface area contributed by atoms with E-state index >= 15 is 0 Å². The van der Waals surface area contributed by atoms with Gasteiger partial charge in [0.2, 0.25) is 0 Å². The maximum absolute atomic E-state index is 6.19. The molecule has 1 aliphatic rings. The third-order valence-electron chi connectivity index (χ3n) is 4.92. The molecule has 3 heteroatoms. The summed E-state index contributed by atoms with van der Waals surface area (Å²) in [7, 11) is 2.21. The molecule has 0 aromatic heterocycles. The van der Waals surface area contributed by atoms with Crippen LogP contribution >= 0.6 is 0 Å². The van der Waals surface area contributed by atoms with Gasteiger partial charge in [-0.05, 0) is 38.3 Å². The second-order valence-corrected chi connectivity index (χ2v) is 6.88. The minimum Gasteiger partial charge on any atom is -0.378 e. The van der Waals surface area contributed by atoms with Crippen molar-refractivity contribution in [1.29, 1.82) is 0 Å². The summed E-state index contributed by atoms with van der Waals surface area (Å²) in [5.74, 6) is 0.545. The average molecular weight is 290 g/mol. The van der Waals surface area contributed by atoms with Crippen LogP contribution < -0.4 is 5.73 Å². The smallest absolute Gasteiger partial charge is 0.0616 e. The van der Waals surface area contributed by atoms with Gasteiger partial charge in [0.05, 0.1) is 6.10 Å². The molecule has 1 fully saturated rings. The summed E-state index contributed by atoms with van der Waals surface area (Å²) >= 11 is 0. The fraction of sp³-hybridized carbons (Fsp3) is 0.667. The van der Waals surface area contributed by atoms with E-state index in [0.29, 0.717) is 18.6 Å². The molecule has 1 aromatic rings. The predicted octanol–water partition coefficient (Wildman–Crippen LogP) is 2.96. The van der Waals surface area contributed by atoms with Gasteiger partial charge in [-0.1, -0.05) is 43.7 Å². The van der Waals surface area contributed by atoms with Crippen LogP contribution in [0.5, 0.6) is 0 Å². The first-order valence-corrected chi connectivity index (χ1v) is 8.05. The number of benzene rings is 1. The Bertz CT molecular complexity index is 460. The lowest BCUT2D eigenvalue weighted by Crippen LogP contribution is -2.57. The zero-order valence-corrected chi connectivity index (χ0v) is 13.9. The fourth-order valence-corrected chi connectivity index (χ4v) is 3.30. The van der Waals surface area contributed by atoms with Crippen LogP contribution in [0.1, 0.15) is 37.8 Å². The first kappa shape index (κ1) is 16.5. The number of ether oxygens (including phenoxy) is 1. The highest BCUT2D eigenvalue weighted by Crippen LogP contribution is 2.33. The molecule has 2 rings (SSSR count). The lowest BCUT2D eigenvalue weighted by atomic mass is 9.81. The molecule has 1 aliphatic heterocycles. The Morgan fingerprint density at radius 2 is 2.19 bits per heavy atom. The van der Waals surface area contributed by atoms with Gasteiger partial charge in [-0.2, -0.15) is 0 Å². The molecule has 1 saturated heterocycles. The molecule has 118 valence electrons. The third-order valence-corrected chi connectivity index (χ3v) is 4.92. The summed E-state index contributed by atoms with van der Waals surface area (Å²) in [6, 6.07) is 8.74. The van der Waals surface area contributed by atoms with E-state index < -0.39 is 0 Å². The number of rotatable bonds is 5. The number of nitrogens with zero attached hydrogens (tertiary/aromatic N) is 1. The molecule has 21 heavy (non-hydrogen) atoms. The molecule has 1 heterocycles. The number of nitrogens with two attached hydrogens (primary N) is 1. The van der Waals surface area contributed by atoms with E-state index in [4.69, 9.17) is 10.5 Å². The predicted molar refractivity (Wildman–Crippen MR) is 88.2 cm³/mol. The topological polar surface area (TPSA) is 38.5 Å². The van der Waals surface area contributed by atoms with E-state index in [1.807, 2.05) is 0 Å². The second-order valence-electron chi connectivity index (χ2n) is 6.88. The van der Waals surface area contributed by atoms with Crippen molar-refractivity contribution in [1.82, 2.24) is 4.90 Å². The van der Waals surface area contributed by atoms with E-state index in [-0.39, 0.29) is 5.54 Å². The minimum atomic E-state index is 0.0664. The van der Waals surface area contributed by atoms with Gasteiger partial charge in [0.1, 0.15) is 0 Å².